The largest absolute Gasteiger partial charge is 0.397 e. The molecule has 0 heterocycles. The summed E-state index contributed by atoms with van der Waals surface area (Å²) in [5, 5.41) is 0. The summed E-state index contributed by atoms with van der Waals surface area (Å²) in [5.74, 6) is -0.0587. The number of nitrogens with zero attached hydrogens (tertiary/aromatic N) is 1. The van der Waals surface area contributed by atoms with E-state index in [2.05, 4.69) is 0 Å². The summed E-state index contributed by atoms with van der Waals surface area (Å²) in [4.78, 5) is 13.9. The fourth-order valence-corrected chi connectivity index (χ4v) is 1.87. The lowest BCUT2D eigenvalue weighted by molar-refractivity contribution is 0.0993. The minimum Gasteiger partial charge on any atom is -0.397 e. The maximum Gasteiger partial charge on any atom is 0.258 e. The van der Waals surface area contributed by atoms with Crippen LogP contribution in [-0.4, -0.2) is 13.0 Å². The van der Waals surface area contributed by atoms with E-state index < -0.39 is 0 Å². The zero-order valence-corrected chi connectivity index (χ0v) is 10.6. The highest BCUT2D eigenvalue weighted by Gasteiger charge is 2.14. The summed E-state index contributed by atoms with van der Waals surface area (Å²) in [6, 6.07) is 14.9. The third-order valence-corrected chi connectivity index (χ3v) is 2.87. The average molecular weight is 240 g/mol. The molecule has 2 aromatic carbocycles. The number of hydrogen-bond acceptors (Lipinski definition) is 2. The number of aryl methyl sites for hydroxylation is 1. The second-order valence-corrected chi connectivity index (χ2v) is 4.29. The van der Waals surface area contributed by atoms with E-state index in [1.54, 1.807) is 18.0 Å². The minimum absolute atomic E-state index is 0.0587. The van der Waals surface area contributed by atoms with Crippen molar-refractivity contribution in [2.24, 2.45) is 0 Å². The van der Waals surface area contributed by atoms with Gasteiger partial charge in [-0.1, -0.05) is 29.8 Å². The number of carbonyl (C=O) groups is 1. The van der Waals surface area contributed by atoms with Crippen LogP contribution in [0.3, 0.4) is 0 Å². The highest BCUT2D eigenvalue weighted by molar-refractivity contribution is 6.07. The van der Waals surface area contributed by atoms with Gasteiger partial charge in [0.15, 0.2) is 0 Å². The summed E-state index contributed by atoms with van der Waals surface area (Å²) < 4.78 is 0. The first-order valence-corrected chi connectivity index (χ1v) is 5.79. The number of nitrogens with two attached hydrogens (primary N) is 1. The Balaban J connectivity index is 2.32. The van der Waals surface area contributed by atoms with Gasteiger partial charge in [0.25, 0.3) is 5.91 Å². The lowest BCUT2D eigenvalue weighted by Gasteiger charge is -2.19. The van der Waals surface area contributed by atoms with Crippen LogP contribution in [0.5, 0.6) is 0 Å². The molecule has 0 atom stereocenters. The molecule has 3 nitrogen and oxygen atoms in total. The number of hydrogen-bond donors (Lipinski definition) is 1. The molecular weight excluding hydrogens is 224 g/mol. The van der Waals surface area contributed by atoms with Gasteiger partial charge in [-0.3, -0.25) is 4.79 Å². The molecule has 0 unspecified atom stereocenters. The first kappa shape index (κ1) is 12.2. The van der Waals surface area contributed by atoms with Gasteiger partial charge in [0, 0.05) is 12.6 Å². The van der Waals surface area contributed by atoms with Crippen molar-refractivity contribution in [1.29, 1.82) is 0 Å². The van der Waals surface area contributed by atoms with E-state index in [1.165, 1.54) is 0 Å². The molecule has 0 fully saturated rings. The Morgan fingerprint density at radius 1 is 1.11 bits per heavy atom. The summed E-state index contributed by atoms with van der Waals surface area (Å²) in [7, 11) is 1.73. The molecular formula is C15H16N2O. The van der Waals surface area contributed by atoms with Crippen LogP contribution in [0, 0.1) is 6.92 Å². The normalized spacial score (nSPS) is 10.1. The fourth-order valence-electron chi connectivity index (χ4n) is 1.87. The van der Waals surface area contributed by atoms with Crippen molar-refractivity contribution in [3.63, 3.8) is 0 Å². The van der Waals surface area contributed by atoms with Crippen molar-refractivity contribution in [3.05, 3.63) is 59.7 Å². The van der Waals surface area contributed by atoms with Crippen molar-refractivity contribution in [1.82, 2.24) is 0 Å². The Bertz CT molecular complexity index is 578. The van der Waals surface area contributed by atoms with Crippen LogP contribution >= 0.6 is 0 Å². The van der Waals surface area contributed by atoms with E-state index >= 15 is 0 Å². The third-order valence-electron chi connectivity index (χ3n) is 2.87. The number of benzene rings is 2. The number of nitrogen functional groups attached to an aromatic ring is 1. The van der Waals surface area contributed by atoms with Crippen LogP contribution in [0.1, 0.15) is 15.9 Å². The van der Waals surface area contributed by atoms with Gasteiger partial charge in [0.05, 0.1) is 11.4 Å². The summed E-state index contributed by atoms with van der Waals surface area (Å²) in [6.45, 7) is 1.97. The number of amides is 1. The number of carbonyl (C=O) groups excluding carboxylic acids is 1. The standard InChI is InChI=1S/C15H16N2O/c1-11-6-5-7-12(10-11)15(18)17(2)14-9-4-3-8-13(14)16/h3-10H,16H2,1-2H3. The van der Waals surface area contributed by atoms with Crippen LogP contribution in [-0.2, 0) is 0 Å². The Labute approximate surface area is 107 Å². The van der Waals surface area contributed by atoms with E-state index in [0.29, 0.717) is 11.3 Å². The van der Waals surface area contributed by atoms with Crippen LogP contribution in [0.2, 0.25) is 0 Å². The van der Waals surface area contributed by atoms with Gasteiger partial charge < -0.3 is 10.6 Å². The molecule has 0 spiro atoms. The Kier molecular flexibility index (Phi) is 3.33. The molecule has 0 aromatic heterocycles. The SMILES string of the molecule is Cc1cccc(C(=O)N(C)c2ccccc2N)c1. The molecule has 18 heavy (non-hydrogen) atoms. The molecule has 3 heteroatoms. The molecule has 0 radical (unpaired) electrons. The smallest absolute Gasteiger partial charge is 0.258 e. The molecule has 0 aliphatic rings. The predicted molar refractivity (Wildman–Crippen MR) is 74.8 cm³/mol. The van der Waals surface area contributed by atoms with E-state index in [4.69, 9.17) is 5.73 Å². The van der Waals surface area contributed by atoms with Crippen LogP contribution in [0.4, 0.5) is 11.4 Å². The molecule has 1 amide bonds. The first-order chi connectivity index (χ1) is 8.59. The van der Waals surface area contributed by atoms with Crippen molar-refractivity contribution in [2.45, 2.75) is 6.92 Å². The number of anilines is 2. The van der Waals surface area contributed by atoms with Gasteiger partial charge in [0.1, 0.15) is 0 Å². The lowest BCUT2D eigenvalue weighted by Crippen LogP contribution is -2.27. The molecule has 2 rings (SSSR count). The predicted octanol–water partition coefficient (Wildman–Crippen LogP) is 2.85. The van der Waals surface area contributed by atoms with Crippen molar-refractivity contribution in [3.8, 4) is 0 Å². The van der Waals surface area contributed by atoms with Crippen LogP contribution < -0.4 is 10.6 Å². The quantitative estimate of drug-likeness (QED) is 0.820. The zero-order valence-electron chi connectivity index (χ0n) is 10.6. The highest BCUT2D eigenvalue weighted by atomic mass is 16.2. The summed E-state index contributed by atoms with van der Waals surface area (Å²) >= 11 is 0. The number of rotatable bonds is 2. The Morgan fingerprint density at radius 3 is 2.50 bits per heavy atom. The van der Waals surface area contributed by atoms with Gasteiger partial charge in [-0.25, -0.2) is 0 Å². The molecule has 92 valence electrons. The molecule has 0 aliphatic heterocycles. The van der Waals surface area contributed by atoms with Gasteiger partial charge in [-0.15, -0.1) is 0 Å². The minimum atomic E-state index is -0.0587. The average Bonchev–Trinajstić information content (AvgIpc) is 2.37. The number of para-hydroxylation sites is 2. The third kappa shape index (κ3) is 2.35. The van der Waals surface area contributed by atoms with Crippen LogP contribution in [0.25, 0.3) is 0 Å². The molecule has 0 saturated carbocycles. The maximum atomic E-state index is 12.3. The highest BCUT2D eigenvalue weighted by Crippen LogP contribution is 2.22. The van der Waals surface area contributed by atoms with Crippen molar-refractivity contribution in [2.75, 3.05) is 17.7 Å². The van der Waals surface area contributed by atoms with Crippen molar-refractivity contribution >= 4 is 17.3 Å². The van der Waals surface area contributed by atoms with Crippen LogP contribution in [0.15, 0.2) is 48.5 Å². The monoisotopic (exact) mass is 240 g/mol. The second-order valence-electron chi connectivity index (χ2n) is 4.29. The van der Waals surface area contributed by atoms with Gasteiger partial charge >= 0.3 is 0 Å². The zero-order chi connectivity index (χ0) is 13.1. The molecule has 0 bridgehead atoms. The topological polar surface area (TPSA) is 46.3 Å². The Hall–Kier alpha value is -2.29. The van der Waals surface area contributed by atoms with E-state index in [1.807, 2.05) is 49.4 Å². The van der Waals surface area contributed by atoms with Gasteiger partial charge in [0.2, 0.25) is 0 Å². The molecule has 2 N–H and O–H groups in total. The fraction of sp³-hybridized carbons (Fsp3) is 0.133. The van der Waals surface area contributed by atoms with Gasteiger partial charge in [-0.05, 0) is 31.2 Å². The van der Waals surface area contributed by atoms with Crippen molar-refractivity contribution < 1.29 is 4.79 Å². The van der Waals surface area contributed by atoms with E-state index in [0.717, 1.165) is 11.3 Å². The van der Waals surface area contributed by atoms with Gasteiger partial charge in [-0.2, -0.15) is 0 Å². The Morgan fingerprint density at radius 2 is 1.83 bits per heavy atom. The summed E-state index contributed by atoms with van der Waals surface area (Å²) in [6.07, 6.45) is 0. The molecule has 2 aromatic rings. The molecule has 0 aliphatic carbocycles. The first-order valence-electron chi connectivity index (χ1n) is 5.79. The lowest BCUT2D eigenvalue weighted by atomic mass is 10.1. The molecule has 0 saturated heterocycles. The van der Waals surface area contributed by atoms with E-state index in [9.17, 15) is 4.79 Å². The maximum absolute atomic E-state index is 12.3. The second kappa shape index (κ2) is 4.92. The van der Waals surface area contributed by atoms with E-state index in [-0.39, 0.29) is 5.91 Å². The summed E-state index contributed by atoms with van der Waals surface area (Å²) in [5.41, 5.74) is 8.93.